The molecule has 0 amide bonds. The second kappa shape index (κ2) is 4.35. The van der Waals surface area contributed by atoms with Gasteiger partial charge in [0, 0.05) is 11.1 Å². The molecular weight excluding hydrogens is 228 g/mol. The number of ketones is 2. The van der Waals surface area contributed by atoms with E-state index in [0.717, 1.165) is 5.22 Å². The molecular formula is C15H14O3. The zero-order valence-electron chi connectivity index (χ0n) is 10.4. The Morgan fingerprint density at radius 1 is 1.22 bits per heavy atom. The standard InChI is InChI=1S/C15H14O3/c1-8-4-12-5-11(9(2)16)6-13(10(3)17)14(12)7-15(8)18/h4-7,15,18H,1H2,2-3H3. The second-order valence-corrected chi connectivity index (χ2v) is 4.47. The van der Waals surface area contributed by atoms with Crippen molar-refractivity contribution in [2.45, 2.75) is 20.0 Å². The van der Waals surface area contributed by atoms with Gasteiger partial charge < -0.3 is 5.11 Å². The molecule has 0 bridgehead atoms. The lowest BCUT2D eigenvalue weighted by Gasteiger charge is -2.13. The molecule has 1 aromatic carbocycles. The minimum atomic E-state index is -0.779. The van der Waals surface area contributed by atoms with Crippen LogP contribution < -0.4 is 10.4 Å². The van der Waals surface area contributed by atoms with Crippen molar-refractivity contribution in [1.82, 2.24) is 0 Å². The average molecular weight is 242 g/mol. The first-order chi connectivity index (χ1) is 8.40. The summed E-state index contributed by atoms with van der Waals surface area (Å²) in [5.41, 5.74) is 1.51. The molecule has 0 aliphatic heterocycles. The van der Waals surface area contributed by atoms with E-state index >= 15 is 0 Å². The van der Waals surface area contributed by atoms with Crippen LogP contribution in [0.5, 0.6) is 0 Å². The van der Waals surface area contributed by atoms with Crippen molar-refractivity contribution in [3.63, 3.8) is 0 Å². The van der Waals surface area contributed by atoms with E-state index in [9.17, 15) is 14.7 Å². The van der Waals surface area contributed by atoms with Gasteiger partial charge in [-0.1, -0.05) is 6.58 Å². The third-order valence-electron chi connectivity index (χ3n) is 3.04. The first kappa shape index (κ1) is 12.5. The fourth-order valence-corrected chi connectivity index (χ4v) is 2.03. The summed E-state index contributed by atoms with van der Waals surface area (Å²) in [5, 5.41) is 11.2. The quantitative estimate of drug-likeness (QED) is 0.772. The first-order valence-corrected chi connectivity index (χ1v) is 5.66. The van der Waals surface area contributed by atoms with Gasteiger partial charge in [0.25, 0.3) is 0 Å². The molecule has 0 spiro atoms. The molecule has 0 saturated carbocycles. The third-order valence-corrected chi connectivity index (χ3v) is 3.04. The maximum atomic E-state index is 11.6. The largest absolute Gasteiger partial charge is 0.384 e. The van der Waals surface area contributed by atoms with Gasteiger partial charge in [0.05, 0.1) is 6.10 Å². The van der Waals surface area contributed by atoms with Gasteiger partial charge in [-0.05, 0) is 54.1 Å². The molecule has 0 radical (unpaired) electrons. The van der Waals surface area contributed by atoms with Crippen molar-refractivity contribution in [3.05, 3.63) is 45.8 Å². The molecule has 18 heavy (non-hydrogen) atoms. The molecule has 0 aromatic heterocycles. The normalized spacial score (nSPS) is 17.5. The molecule has 3 nitrogen and oxygen atoms in total. The summed E-state index contributed by atoms with van der Waals surface area (Å²) >= 11 is 0. The maximum absolute atomic E-state index is 11.6. The van der Waals surface area contributed by atoms with Crippen molar-refractivity contribution in [2.24, 2.45) is 0 Å². The number of fused-ring (bicyclic) bond motifs is 1. The Morgan fingerprint density at radius 2 is 1.89 bits per heavy atom. The Kier molecular flexibility index (Phi) is 3.01. The van der Waals surface area contributed by atoms with Crippen molar-refractivity contribution in [2.75, 3.05) is 0 Å². The summed E-state index contributed by atoms with van der Waals surface area (Å²) in [4.78, 5) is 23.1. The van der Waals surface area contributed by atoms with E-state index in [1.807, 2.05) is 0 Å². The van der Waals surface area contributed by atoms with Crippen molar-refractivity contribution >= 4 is 23.7 Å². The van der Waals surface area contributed by atoms with E-state index < -0.39 is 6.10 Å². The number of benzene rings is 1. The van der Waals surface area contributed by atoms with Crippen LogP contribution in [0.15, 0.2) is 24.3 Å². The van der Waals surface area contributed by atoms with Crippen LogP contribution >= 0.6 is 0 Å². The predicted molar refractivity (Wildman–Crippen MR) is 69.8 cm³/mol. The van der Waals surface area contributed by atoms with Crippen LogP contribution in [0.2, 0.25) is 0 Å². The van der Waals surface area contributed by atoms with E-state index in [1.54, 1.807) is 24.3 Å². The highest BCUT2D eigenvalue weighted by Crippen LogP contribution is 2.08. The lowest BCUT2D eigenvalue weighted by Crippen LogP contribution is -2.36. The van der Waals surface area contributed by atoms with Crippen molar-refractivity contribution in [1.29, 1.82) is 0 Å². The minimum absolute atomic E-state index is 0.0922. The van der Waals surface area contributed by atoms with Gasteiger partial charge in [0.1, 0.15) is 0 Å². The number of Topliss-reactive ketones (excluding diaryl/α,β-unsaturated/α-hetero) is 2. The van der Waals surface area contributed by atoms with Crippen LogP contribution in [-0.4, -0.2) is 22.8 Å². The fourth-order valence-electron chi connectivity index (χ4n) is 2.03. The summed E-state index contributed by atoms with van der Waals surface area (Å²) in [5.74, 6) is -0.218. The number of rotatable bonds is 2. The van der Waals surface area contributed by atoms with E-state index in [2.05, 4.69) is 6.58 Å². The smallest absolute Gasteiger partial charge is 0.160 e. The molecule has 0 fully saturated rings. The Labute approximate surface area is 105 Å². The molecule has 3 heteroatoms. The number of carbonyl (C=O) groups is 2. The molecule has 1 N–H and O–H groups in total. The van der Waals surface area contributed by atoms with Gasteiger partial charge in [0.15, 0.2) is 11.6 Å². The molecule has 1 aliphatic rings. The molecule has 1 aromatic rings. The van der Waals surface area contributed by atoms with Gasteiger partial charge in [-0.15, -0.1) is 0 Å². The number of hydrogen-bond donors (Lipinski definition) is 1. The predicted octanol–water partition coefficient (Wildman–Crippen LogP) is 0.584. The Balaban J connectivity index is 2.88. The topological polar surface area (TPSA) is 54.4 Å². The van der Waals surface area contributed by atoms with Crippen LogP contribution in [-0.2, 0) is 0 Å². The van der Waals surface area contributed by atoms with Gasteiger partial charge >= 0.3 is 0 Å². The van der Waals surface area contributed by atoms with Crippen molar-refractivity contribution < 1.29 is 14.7 Å². The summed E-state index contributed by atoms with van der Waals surface area (Å²) in [6, 6.07) is 3.30. The lowest BCUT2D eigenvalue weighted by molar-refractivity contribution is 0.101. The number of aliphatic hydroxyl groups excluding tert-OH is 1. The highest BCUT2D eigenvalue weighted by molar-refractivity contribution is 6.00. The Bertz CT molecular complexity index is 680. The first-order valence-electron chi connectivity index (χ1n) is 5.66. The highest BCUT2D eigenvalue weighted by Gasteiger charge is 2.14. The SMILES string of the molecule is C=C1C=c2cc(C(C)=O)cc(C(C)=O)c2=CC1O. The van der Waals surface area contributed by atoms with E-state index in [1.165, 1.54) is 13.8 Å². The number of carbonyl (C=O) groups excluding carboxylic acids is 2. The minimum Gasteiger partial charge on any atom is -0.384 e. The molecule has 0 heterocycles. The van der Waals surface area contributed by atoms with Crippen LogP contribution in [0.4, 0.5) is 0 Å². The van der Waals surface area contributed by atoms with Gasteiger partial charge in [0.2, 0.25) is 0 Å². The van der Waals surface area contributed by atoms with E-state index in [4.69, 9.17) is 0 Å². The molecule has 2 rings (SSSR count). The van der Waals surface area contributed by atoms with Gasteiger partial charge in [-0.25, -0.2) is 0 Å². The molecule has 1 unspecified atom stereocenters. The highest BCUT2D eigenvalue weighted by atomic mass is 16.3. The Hall–Kier alpha value is -2.00. The van der Waals surface area contributed by atoms with Gasteiger partial charge in [-0.3, -0.25) is 9.59 Å². The third kappa shape index (κ3) is 2.05. The number of hydrogen-bond acceptors (Lipinski definition) is 3. The molecule has 0 saturated heterocycles. The molecule has 92 valence electrons. The summed E-state index contributed by atoms with van der Waals surface area (Å²) in [6.45, 7) is 6.64. The monoisotopic (exact) mass is 242 g/mol. The average Bonchev–Trinajstić information content (AvgIpc) is 2.29. The van der Waals surface area contributed by atoms with Gasteiger partial charge in [-0.2, -0.15) is 0 Å². The molecule has 1 atom stereocenters. The fraction of sp³-hybridized carbons (Fsp3) is 0.200. The summed E-state index contributed by atoms with van der Waals surface area (Å²) in [6.07, 6.45) is 2.52. The summed E-state index contributed by atoms with van der Waals surface area (Å²) < 4.78 is 0. The summed E-state index contributed by atoms with van der Waals surface area (Å²) in [7, 11) is 0. The van der Waals surface area contributed by atoms with Crippen LogP contribution in [0.25, 0.3) is 12.2 Å². The lowest BCUT2D eigenvalue weighted by atomic mass is 9.94. The zero-order valence-corrected chi connectivity index (χ0v) is 10.4. The number of aliphatic hydroxyl groups is 1. The van der Waals surface area contributed by atoms with Crippen LogP contribution in [0, 0.1) is 0 Å². The van der Waals surface area contributed by atoms with E-state index in [0.29, 0.717) is 21.9 Å². The second-order valence-electron chi connectivity index (χ2n) is 4.47. The maximum Gasteiger partial charge on any atom is 0.160 e. The van der Waals surface area contributed by atoms with E-state index in [-0.39, 0.29) is 11.6 Å². The Morgan fingerprint density at radius 3 is 2.44 bits per heavy atom. The van der Waals surface area contributed by atoms with Crippen LogP contribution in [0.3, 0.4) is 0 Å². The van der Waals surface area contributed by atoms with Crippen molar-refractivity contribution in [3.8, 4) is 0 Å². The molecule has 1 aliphatic carbocycles. The zero-order chi connectivity index (χ0) is 13.4. The van der Waals surface area contributed by atoms with Crippen LogP contribution in [0.1, 0.15) is 34.6 Å².